The fraction of sp³-hybridized carbons (Fsp3) is 0.917. The van der Waals surface area contributed by atoms with Crippen molar-refractivity contribution in [3.8, 4) is 0 Å². The summed E-state index contributed by atoms with van der Waals surface area (Å²) in [6.45, 7) is 8.22. The maximum atomic E-state index is 7.23. The van der Waals surface area contributed by atoms with Crippen molar-refractivity contribution < 1.29 is 9.47 Å². The molecule has 0 aliphatic rings. The first kappa shape index (κ1) is 16.4. The molecule has 17 heavy (non-hydrogen) atoms. The summed E-state index contributed by atoms with van der Waals surface area (Å²) < 4.78 is 10.3. The van der Waals surface area contributed by atoms with Crippen LogP contribution in [0.3, 0.4) is 0 Å². The van der Waals surface area contributed by atoms with Gasteiger partial charge in [-0.2, -0.15) is 0 Å². The van der Waals surface area contributed by atoms with Crippen LogP contribution in [0.4, 0.5) is 0 Å². The molecule has 0 aromatic carbocycles. The number of nitrogens with zero attached hydrogens (tertiary/aromatic N) is 1. The van der Waals surface area contributed by atoms with Gasteiger partial charge in [-0.25, -0.2) is 0 Å². The number of ether oxygens (including phenoxy) is 2. The lowest BCUT2D eigenvalue weighted by Crippen LogP contribution is -2.35. The molecule has 0 unspecified atom stereocenters. The average Bonchev–Trinajstić information content (AvgIpc) is 2.26. The number of hydrogen-bond donors (Lipinski definition) is 2. The van der Waals surface area contributed by atoms with Crippen molar-refractivity contribution in [2.45, 2.75) is 32.7 Å². The number of nitrogens with one attached hydrogen (secondary N) is 1. The van der Waals surface area contributed by atoms with Crippen molar-refractivity contribution in [1.82, 2.24) is 4.90 Å². The zero-order chi connectivity index (χ0) is 13.1. The number of amidine groups is 1. The molecule has 0 aromatic rings. The fourth-order valence-corrected chi connectivity index (χ4v) is 1.51. The molecule has 0 amide bonds. The Morgan fingerprint density at radius 3 is 2.47 bits per heavy atom. The first-order valence-electron chi connectivity index (χ1n) is 6.21. The lowest BCUT2D eigenvalue weighted by molar-refractivity contribution is 0.0637. The molecule has 0 fully saturated rings. The van der Waals surface area contributed by atoms with Gasteiger partial charge in [0.2, 0.25) is 0 Å². The summed E-state index contributed by atoms with van der Waals surface area (Å²) in [6, 6.07) is 0.480. The molecule has 0 rings (SSSR count). The van der Waals surface area contributed by atoms with Gasteiger partial charge in [0.05, 0.1) is 19.0 Å². The highest BCUT2D eigenvalue weighted by atomic mass is 16.5. The Morgan fingerprint density at radius 1 is 1.24 bits per heavy atom. The largest absolute Gasteiger partial charge is 0.388 e. The Morgan fingerprint density at radius 2 is 1.94 bits per heavy atom. The topological polar surface area (TPSA) is 71.6 Å². The van der Waals surface area contributed by atoms with Gasteiger partial charge >= 0.3 is 0 Å². The lowest BCUT2D eigenvalue weighted by atomic mass is 10.2. The van der Waals surface area contributed by atoms with Crippen LogP contribution in [0.1, 0.15) is 26.7 Å². The molecular weight excluding hydrogens is 218 g/mol. The van der Waals surface area contributed by atoms with Crippen molar-refractivity contribution in [2.75, 3.05) is 40.0 Å². The van der Waals surface area contributed by atoms with Gasteiger partial charge in [0.1, 0.15) is 0 Å². The molecule has 0 radical (unpaired) electrons. The van der Waals surface area contributed by atoms with Crippen LogP contribution in [0.15, 0.2) is 0 Å². The van der Waals surface area contributed by atoms with Crippen LogP contribution in [0.5, 0.6) is 0 Å². The minimum absolute atomic E-state index is 0.256. The molecule has 0 aromatic heterocycles. The molecule has 0 atom stereocenters. The third-order valence-corrected chi connectivity index (χ3v) is 2.56. The lowest BCUT2D eigenvalue weighted by Gasteiger charge is -2.26. The molecule has 0 heterocycles. The van der Waals surface area contributed by atoms with E-state index in [1.54, 1.807) is 7.11 Å². The molecule has 0 bridgehead atoms. The van der Waals surface area contributed by atoms with Crippen LogP contribution in [0.25, 0.3) is 0 Å². The second kappa shape index (κ2) is 10.5. The number of rotatable bonds is 11. The van der Waals surface area contributed by atoms with E-state index in [-0.39, 0.29) is 5.84 Å². The highest BCUT2D eigenvalue weighted by Crippen LogP contribution is 2.01. The standard InChI is InChI=1S/C12H27N3O2/c1-11(2)15(7-5-12(13)14)6-4-8-17-10-9-16-3/h11H,4-10H2,1-3H3,(H3,13,14). The van der Waals surface area contributed by atoms with E-state index in [4.69, 9.17) is 20.6 Å². The monoisotopic (exact) mass is 245 g/mol. The summed E-state index contributed by atoms with van der Waals surface area (Å²) in [5.74, 6) is 0.256. The van der Waals surface area contributed by atoms with Crippen LogP contribution < -0.4 is 5.73 Å². The second-order valence-electron chi connectivity index (χ2n) is 4.36. The van der Waals surface area contributed by atoms with Gasteiger partial charge in [-0.3, -0.25) is 5.41 Å². The highest BCUT2D eigenvalue weighted by molar-refractivity contribution is 5.76. The summed E-state index contributed by atoms with van der Waals surface area (Å²) in [7, 11) is 1.67. The van der Waals surface area contributed by atoms with Gasteiger partial charge in [-0.15, -0.1) is 0 Å². The van der Waals surface area contributed by atoms with Gasteiger partial charge < -0.3 is 20.1 Å². The molecule has 102 valence electrons. The van der Waals surface area contributed by atoms with Gasteiger partial charge in [0.25, 0.3) is 0 Å². The van der Waals surface area contributed by atoms with Gasteiger partial charge in [0.15, 0.2) is 0 Å². The van der Waals surface area contributed by atoms with E-state index in [2.05, 4.69) is 18.7 Å². The Kier molecular flexibility index (Phi) is 10.1. The van der Waals surface area contributed by atoms with Crippen LogP contribution in [-0.2, 0) is 9.47 Å². The molecule has 5 heteroatoms. The smallest absolute Gasteiger partial charge is 0.0918 e. The van der Waals surface area contributed by atoms with E-state index in [1.165, 1.54) is 0 Å². The highest BCUT2D eigenvalue weighted by Gasteiger charge is 2.08. The summed E-state index contributed by atoms with van der Waals surface area (Å²) in [6.07, 6.45) is 1.64. The zero-order valence-corrected chi connectivity index (χ0v) is 11.4. The molecule has 0 saturated carbocycles. The maximum Gasteiger partial charge on any atom is 0.0918 e. The molecule has 0 saturated heterocycles. The third kappa shape index (κ3) is 10.2. The Balaban J connectivity index is 3.59. The molecule has 5 nitrogen and oxygen atoms in total. The summed E-state index contributed by atoms with van der Waals surface area (Å²) in [5, 5.41) is 7.23. The van der Waals surface area contributed by atoms with Crippen molar-refractivity contribution in [1.29, 1.82) is 5.41 Å². The van der Waals surface area contributed by atoms with Crippen LogP contribution >= 0.6 is 0 Å². The van der Waals surface area contributed by atoms with E-state index in [0.29, 0.717) is 25.7 Å². The second-order valence-corrected chi connectivity index (χ2v) is 4.36. The van der Waals surface area contributed by atoms with Gasteiger partial charge in [-0.05, 0) is 20.3 Å². The predicted octanol–water partition coefficient (Wildman–Crippen LogP) is 1.08. The quantitative estimate of drug-likeness (QED) is 0.324. The maximum absolute atomic E-state index is 7.23. The average molecular weight is 245 g/mol. The van der Waals surface area contributed by atoms with E-state index < -0.39 is 0 Å². The number of nitrogens with two attached hydrogens (primary N) is 1. The molecule has 0 spiro atoms. The first-order valence-corrected chi connectivity index (χ1v) is 6.21. The summed E-state index contributed by atoms with van der Waals surface area (Å²) in [4.78, 5) is 2.32. The SMILES string of the molecule is COCCOCCCN(CCC(=N)N)C(C)C. The van der Waals surface area contributed by atoms with Crippen molar-refractivity contribution in [3.05, 3.63) is 0 Å². The minimum atomic E-state index is 0.256. The minimum Gasteiger partial charge on any atom is -0.388 e. The normalized spacial score (nSPS) is 11.4. The van der Waals surface area contributed by atoms with Crippen molar-refractivity contribution in [2.24, 2.45) is 5.73 Å². The third-order valence-electron chi connectivity index (χ3n) is 2.56. The molecule has 0 aliphatic carbocycles. The number of hydrogen-bond acceptors (Lipinski definition) is 4. The van der Waals surface area contributed by atoms with E-state index in [0.717, 1.165) is 26.1 Å². The fourth-order valence-electron chi connectivity index (χ4n) is 1.51. The predicted molar refractivity (Wildman–Crippen MR) is 70.6 cm³/mol. The van der Waals surface area contributed by atoms with Crippen LogP contribution in [0.2, 0.25) is 0 Å². The van der Waals surface area contributed by atoms with E-state index >= 15 is 0 Å². The molecular formula is C12H27N3O2. The van der Waals surface area contributed by atoms with Crippen molar-refractivity contribution >= 4 is 5.84 Å². The van der Waals surface area contributed by atoms with Gasteiger partial charge in [0, 0.05) is 39.3 Å². The van der Waals surface area contributed by atoms with E-state index in [9.17, 15) is 0 Å². The van der Waals surface area contributed by atoms with Gasteiger partial charge in [-0.1, -0.05) is 0 Å². The molecule has 0 aliphatic heterocycles. The van der Waals surface area contributed by atoms with Crippen molar-refractivity contribution in [3.63, 3.8) is 0 Å². The Bertz CT molecular complexity index is 198. The Hall–Kier alpha value is -0.650. The summed E-state index contributed by atoms with van der Waals surface area (Å²) >= 11 is 0. The number of methoxy groups -OCH3 is 1. The zero-order valence-electron chi connectivity index (χ0n) is 11.4. The van der Waals surface area contributed by atoms with Crippen LogP contribution in [0, 0.1) is 5.41 Å². The van der Waals surface area contributed by atoms with Crippen LogP contribution in [-0.4, -0.2) is 56.8 Å². The Labute approximate surface area is 105 Å². The first-order chi connectivity index (χ1) is 8.07. The molecule has 3 N–H and O–H groups in total. The summed E-state index contributed by atoms with van der Waals surface area (Å²) in [5.41, 5.74) is 5.37. The van der Waals surface area contributed by atoms with E-state index in [1.807, 2.05) is 0 Å².